The van der Waals surface area contributed by atoms with Gasteiger partial charge in [0.15, 0.2) is 0 Å². The molecule has 1 saturated heterocycles. The van der Waals surface area contributed by atoms with Crippen molar-refractivity contribution in [1.29, 1.82) is 0 Å². The molecular formula is C13H17Cl3N2O2S. The second-order valence-corrected chi connectivity index (χ2v) is 8.06. The zero-order chi connectivity index (χ0) is 15.6. The van der Waals surface area contributed by atoms with Crippen LogP contribution in [0.25, 0.3) is 0 Å². The molecule has 1 aromatic carbocycles. The fourth-order valence-corrected chi connectivity index (χ4v) is 4.96. The van der Waals surface area contributed by atoms with Crippen LogP contribution >= 0.6 is 34.8 Å². The summed E-state index contributed by atoms with van der Waals surface area (Å²) in [5.41, 5.74) is 0.524. The largest absolute Gasteiger partial charge is 0.305 e. The Kier molecular flexibility index (Phi) is 5.79. The molecule has 0 amide bonds. The summed E-state index contributed by atoms with van der Waals surface area (Å²) in [5.74, 6) is 0.116. The van der Waals surface area contributed by atoms with Gasteiger partial charge < -0.3 is 4.90 Å². The van der Waals surface area contributed by atoms with Crippen molar-refractivity contribution in [3.8, 4) is 0 Å². The first-order chi connectivity index (χ1) is 9.86. The molecular weight excluding hydrogens is 355 g/mol. The van der Waals surface area contributed by atoms with E-state index in [4.69, 9.17) is 34.8 Å². The van der Waals surface area contributed by atoms with Crippen molar-refractivity contribution in [3.05, 3.63) is 27.7 Å². The van der Waals surface area contributed by atoms with Crippen LogP contribution in [-0.4, -0.2) is 50.8 Å². The van der Waals surface area contributed by atoms with Crippen molar-refractivity contribution < 1.29 is 8.42 Å². The second-order valence-electron chi connectivity index (χ2n) is 5.07. The molecule has 21 heavy (non-hydrogen) atoms. The van der Waals surface area contributed by atoms with Gasteiger partial charge in [-0.15, -0.1) is 11.6 Å². The topological polar surface area (TPSA) is 40.6 Å². The van der Waals surface area contributed by atoms with Gasteiger partial charge in [-0.25, -0.2) is 8.42 Å². The Morgan fingerprint density at radius 2 is 1.86 bits per heavy atom. The zero-order valence-electron chi connectivity index (χ0n) is 11.7. The molecule has 118 valence electrons. The smallest absolute Gasteiger partial charge is 0.244 e. The summed E-state index contributed by atoms with van der Waals surface area (Å²) >= 11 is 18.0. The lowest BCUT2D eigenvalue weighted by Crippen LogP contribution is -2.34. The highest BCUT2D eigenvalue weighted by molar-refractivity contribution is 7.89. The van der Waals surface area contributed by atoms with Crippen LogP contribution in [0.5, 0.6) is 0 Å². The maximum atomic E-state index is 12.8. The van der Waals surface area contributed by atoms with Crippen LogP contribution in [0, 0.1) is 0 Å². The molecule has 1 fully saturated rings. The minimum atomic E-state index is -3.66. The van der Waals surface area contributed by atoms with Crippen molar-refractivity contribution >= 4 is 44.8 Å². The van der Waals surface area contributed by atoms with Crippen LogP contribution in [0.15, 0.2) is 17.0 Å². The number of hydrogen-bond acceptors (Lipinski definition) is 3. The summed E-state index contributed by atoms with van der Waals surface area (Å²) in [6, 6.07) is 2.98. The molecule has 0 spiro atoms. The summed E-state index contributed by atoms with van der Waals surface area (Å²) in [6.07, 6.45) is 0.788. The molecule has 1 aliphatic heterocycles. The molecule has 4 nitrogen and oxygen atoms in total. The number of nitrogens with zero attached hydrogens (tertiary/aromatic N) is 2. The van der Waals surface area contributed by atoms with E-state index < -0.39 is 10.0 Å². The number of benzene rings is 1. The molecule has 1 heterocycles. The van der Waals surface area contributed by atoms with Crippen molar-refractivity contribution in [2.75, 3.05) is 33.2 Å². The third-order valence-electron chi connectivity index (χ3n) is 3.52. The molecule has 0 radical (unpaired) electrons. The number of rotatable bonds is 3. The maximum absolute atomic E-state index is 12.8. The quantitative estimate of drug-likeness (QED) is 0.767. The van der Waals surface area contributed by atoms with E-state index >= 15 is 0 Å². The normalized spacial score (nSPS) is 18.7. The van der Waals surface area contributed by atoms with Gasteiger partial charge in [0, 0.05) is 30.5 Å². The van der Waals surface area contributed by atoms with Crippen LogP contribution < -0.4 is 0 Å². The Hall–Kier alpha value is -0.0400. The molecule has 0 aromatic heterocycles. The molecule has 0 N–H and O–H groups in total. The zero-order valence-corrected chi connectivity index (χ0v) is 14.7. The summed E-state index contributed by atoms with van der Waals surface area (Å²) in [4.78, 5) is 2.15. The van der Waals surface area contributed by atoms with Crippen molar-refractivity contribution in [3.63, 3.8) is 0 Å². The maximum Gasteiger partial charge on any atom is 0.244 e. The average molecular weight is 372 g/mol. The van der Waals surface area contributed by atoms with E-state index in [0.717, 1.165) is 13.0 Å². The molecule has 1 aromatic rings. The van der Waals surface area contributed by atoms with Gasteiger partial charge in [-0.05, 0) is 37.7 Å². The summed E-state index contributed by atoms with van der Waals surface area (Å²) in [6.45, 7) is 2.49. The van der Waals surface area contributed by atoms with Crippen LogP contribution in [0.3, 0.4) is 0 Å². The summed E-state index contributed by atoms with van der Waals surface area (Å²) < 4.78 is 27.1. The Balaban J connectivity index is 2.42. The van der Waals surface area contributed by atoms with Crippen LogP contribution in [0.1, 0.15) is 12.0 Å². The lowest BCUT2D eigenvalue weighted by atomic mass is 10.2. The van der Waals surface area contributed by atoms with E-state index in [-0.39, 0.29) is 15.8 Å². The lowest BCUT2D eigenvalue weighted by Gasteiger charge is -2.21. The van der Waals surface area contributed by atoms with Gasteiger partial charge in [0.25, 0.3) is 0 Å². The predicted molar refractivity (Wildman–Crippen MR) is 86.9 cm³/mol. The van der Waals surface area contributed by atoms with Gasteiger partial charge in [-0.1, -0.05) is 23.2 Å². The third kappa shape index (κ3) is 3.84. The van der Waals surface area contributed by atoms with Crippen molar-refractivity contribution in [2.24, 2.45) is 0 Å². The van der Waals surface area contributed by atoms with Gasteiger partial charge in [-0.2, -0.15) is 4.31 Å². The summed E-state index contributed by atoms with van der Waals surface area (Å²) in [5, 5.41) is 0.479. The minimum Gasteiger partial charge on any atom is -0.305 e. The highest BCUT2D eigenvalue weighted by atomic mass is 35.5. The SMILES string of the molecule is CN1CCCN(S(=O)(=O)c2cc(Cl)cc(CCl)c2Cl)CC1. The van der Waals surface area contributed by atoms with E-state index in [0.29, 0.717) is 30.2 Å². The van der Waals surface area contributed by atoms with Crippen molar-refractivity contribution in [1.82, 2.24) is 9.21 Å². The Labute approximate surface area is 140 Å². The highest BCUT2D eigenvalue weighted by Crippen LogP contribution is 2.32. The molecule has 0 atom stereocenters. The minimum absolute atomic E-state index is 0.0388. The molecule has 0 bridgehead atoms. The van der Waals surface area contributed by atoms with Gasteiger partial charge in [-0.3, -0.25) is 0 Å². The number of alkyl halides is 1. The van der Waals surface area contributed by atoms with Crippen molar-refractivity contribution in [2.45, 2.75) is 17.2 Å². The molecule has 0 saturated carbocycles. The highest BCUT2D eigenvalue weighted by Gasteiger charge is 2.29. The first kappa shape index (κ1) is 17.3. The van der Waals surface area contributed by atoms with E-state index in [2.05, 4.69) is 4.90 Å². The van der Waals surface area contributed by atoms with Crippen LogP contribution in [-0.2, 0) is 15.9 Å². The predicted octanol–water partition coefficient (Wildman–Crippen LogP) is 3.06. The average Bonchev–Trinajstić information content (AvgIpc) is 2.66. The Morgan fingerprint density at radius 1 is 1.14 bits per heavy atom. The number of sulfonamides is 1. The molecule has 0 unspecified atom stereocenters. The van der Waals surface area contributed by atoms with Gasteiger partial charge in [0.1, 0.15) is 4.90 Å². The lowest BCUT2D eigenvalue weighted by molar-refractivity contribution is 0.347. The second kappa shape index (κ2) is 7.02. The van der Waals surface area contributed by atoms with Gasteiger partial charge >= 0.3 is 0 Å². The van der Waals surface area contributed by atoms with E-state index in [1.807, 2.05) is 7.05 Å². The fraction of sp³-hybridized carbons (Fsp3) is 0.538. The van der Waals surface area contributed by atoms with Gasteiger partial charge in [0.05, 0.1) is 5.02 Å². The van der Waals surface area contributed by atoms with E-state index in [9.17, 15) is 8.42 Å². The monoisotopic (exact) mass is 370 g/mol. The van der Waals surface area contributed by atoms with E-state index in [1.165, 1.54) is 10.4 Å². The molecule has 8 heteroatoms. The Bertz CT molecular complexity index is 622. The number of halogens is 3. The van der Waals surface area contributed by atoms with Crippen LogP contribution in [0.4, 0.5) is 0 Å². The first-order valence-corrected chi connectivity index (χ1v) is 9.32. The number of likely N-dealkylation sites (N-methyl/N-ethyl adjacent to an activating group) is 1. The standard InChI is InChI=1S/C13H17Cl3N2O2S/c1-17-3-2-4-18(6-5-17)21(19,20)12-8-11(15)7-10(9-14)13(12)16/h7-8H,2-6,9H2,1H3. The van der Waals surface area contributed by atoms with Gasteiger partial charge in [0.2, 0.25) is 10.0 Å². The Morgan fingerprint density at radius 3 is 2.52 bits per heavy atom. The third-order valence-corrected chi connectivity index (χ3v) is 6.51. The molecule has 1 aliphatic rings. The first-order valence-electron chi connectivity index (χ1n) is 6.59. The van der Waals surface area contributed by atoms with Crippen LogP contribution in [0.2, 0.25) is 10.0 Å². The number of hydrogen-bond donors (Lipinski definition) is 0. The molecule has 0 aliphatic carbocycles. The summed E-state index contributed by atoms with van der Waals surface area (Å²) in [7, 11) is -1.68. The van der Waals surface area contributed by atoms with E-state index in [1.54, 1.807) is 6.07 Å². The fourth-order valence-electron chi connectivity index (χ4n) is 2.31. The molecule has 2 rings (SSSR count).